The van der Waals surface area contributed by atoms with Crippen LogP contribution in [0.25, 0.3) is 0 Å². The molecule has 0 spiro atoms. The van der Waals surface area contributed by atoms with E-state index in [4.69, 9.17) is 9.84 Å². The van der Waals surface area contributed by atoms with E-state index in [0.717, 1.165) is 5.56 Å². The molecule has 1 aromatic rings. The van der Waals surface area contributed by atoms with Gasteiger partial charge in [0.1, 0.15) is 6.54 Å². The predicted molar refractivity (Wildman–Crippen MR) is 86.2 cm³/mol. The number of halogens is 1. The molecule has 0 radical (unpaired) electrons. The van der Waals surface area contributed by atoms with Crippen LogP contribution in [0.3, 0.4) is 0 Å². The van der Waals surface area contributed by atoms with Crippen molar-refractivity contribution in [2.24, 2.45) is 0 Å². The average Bonchev–Trinajstić information content (AvgIpc) is 2.49. The third-order valence-electron chi connectivity index (χ3n) is 3.20. The van der Waals surface area contributed by atoms with Crippen LogP contribution in [0.4, 0.5) is 0 Å². The number of hydrogen-bond donors (Lipinski definition) is 2. The maximum absolute atomic E-state index is 11.8. The Bertz CT molecular complexity index is 456. The molecule has 6 nitrogen and oxygen atoms in total. The minimum atomic E-state index is -1.05. The van der Waals surface area contributed by atoms with Crippen molar-refractivity contribution in [3.05, 3.63) is 35.9 Å². The molecule has 124 valence electrons. The van der Waals surface area contributed by atoms with Crippen LogP contribution in [0.5, 0.6) is 0 Å². The number of carbonyl (C=O) groups is 2. The largest absolute Gasteiger partial charge is 0.480 e. The number of rotatable bonds is 9. The quantitative estimate of drug-likeness (QED) is 0.714. The maximum atomic E-state index is 11.8. The normalized spacial score (nSPS) is 11.6. The molecule has 2 N–H and O–H groups in total. The fraction of sp³-hybridized carbons (Fsp3) is 0.467. The summed E-state index contributed by atoms with van der Waals surface area (Å²) in [6, 6.07) is 9.88. The lowest BCUT2D eigenvalue weighted by atomic mass is 10.1. The molecule has 0 saturated carbocycles. The van der Waals surface area contributed by atoms with Gasteiger partial charge in [-0.2, -0.15) is 0 Å². The zero-order valence-corrected chi connectivity index (χ0v) is 13.6. The predicted octanol–water partition coefficient (Wildman–Crippen LogP) is 1.32. The minimum absolute atomic E-state index is 0. The molecule has 7 heteroatoms. The van der Waals surface area contributed by atoms with Gasteiger partial charge in [-0.25, -0.2) is 0 Å². The monoisotopic (exact) mass is 330 g/mol. The zero-order valence-electron chi connectivity index (χ0n) is 12.8. The van der Waals surface area contributed by atoms with Crippen molar-refractivity contribution >= 4 is 24.3 Å². The Morgan fingerprint density at radius 1 is 1.32 bits per heavy atom. The number of carboxylic acid groups (broad SMARTS) is 1. The van der Waals surface area contributed by atoms with Gasteiger partial charge < -0.3 is 15.2 Å². The highest BCUT2D eigenvalue weighted by Crippen LogP contribution is 2.19. The first kappa shape index (κ1) is 20.4. The number of nitrogens with zero attached hydrogens (tertiary/aromatic N) is 1. The van der Waals surface area contributed by atoms with E-state index in [1.165, 1.54) is 0 Å². The summed E-state index contributed by atoms with van der Waals surface area (Å²) in [5, 5.41) is 11.0. The average molecular weight is 331 g/mol. The van der Waals surface area contributed by atoms with Crippen molar-refractivity contribution in [3.8, 4) is 0 Å². The summed E-state index contributed by atoms with van der Waals surface area (Å²) in [5.41, 5.74) is 1.10. The summed E-state index contributed by atoms with van der Waals surface area (Å²) >= 11 is 0. The van der Waals surface area contributed by atoms with Crippen LogP contribution >= 0.6 is 12.4 Å². The Balaban J connectivity index is 0.00000441. The fourth-order valence-corrected chi connectivity index (χ4v) is 1.98. The summed E-state index contributed by atoms with van der Waals surface area (Å²) in [6.07, 6.45) is 0. The van der Waals surface area contributed by atoms with Crippen LogP contribution in [0.1, 0.15) is 18.5 Å². The van der Waals surface area contributed by atoms with Gasteiger partial charge in [-0.3, -0.25) is 14.5 Å². The van der Waals surface area contributed by atoms with Crippen LogP contribution in [-0.4, -0.2) is 55.2 Å². The molecule has 1 unspecified atom stereocenters. The summed E-state index contributed by atoms with van der Waals surface area (Å²) in [6.45, 7) is 2.87. The van der Waals surface area contributed by atoms with Gasteiger partial charge in [0.05, 0.1) is 13.2 Å². The molecule has 0 aliphatic heterocycles. The smallest absolute Gasteiger partial charge is 0.322 e. The second-order valence-corrected chi connectivity index (χ2v) is 4.72. The van der Waals surface area contributed by atoms with Crippen LogP contribution in [0.15, 0.2) is 30.3 Å². The van der Waals surface area contributed by atoms with E-state index in [1.807, 2.05) is 42.2 Å². The van der Waals surface area contributed by atoms with E-state index in [1.54, 1.807) is 7.11 Å². The highest BCUT2D eigenvalue weighted by atomic mass is 35.5. The van der Waals surface area contributed by atoms with E-state index in [9.17, 15) is 9.59 Å². The van der Waals surface area contributed by atoms with Gasteiger partial charge in [0.25, 0.3) is 0 Å². The van der Waals surface area contributed by atoms with Crippen molar-refractivity contribution < 1.29 is 19.4 Å². The SMILES string of the molecule is COCCN(CC(=O)NCC(=O)O)C(C)c1ccccc1.Cl. The lowest BCUT2D eigenvalue weighted by molar-refractivity contribution is -0.138. The number of carboxylic acids is 1. The summed E-state index contributed by atoms with van der Waals surface area (Å²) < 4.78 is 5.07. The van der Waals surface area contributed by atoms with Crippen molar-refractivity contribution in [1.82, 2.24) is 10.2 Å². The van der Waals surface area contributed by atoms with Crippen molar-refractivity contribution in [2.75, 3.05) is 33.4 Å². The molecular weight excluding hydrogens is 308 g/mol. The Labute approximate surface area is 136 Å². The van der Waals surface area contributed by atoms with Gasteiger partial charge in [0.2, 0.25) is 5.91 Å². The first-order valence-corrected chi connectivity index (χ1v) is 6.81. The summed E-state index contributed by atoms with van der Waals surface area (Å²) in [5.74, 6) is -1.36. The topological polar surface area (TPSA) is 78.9 Å². The molecule has 1 atom stereocenters. The second kappa shape index (κ2) is 11.0. The van der Waals surface area contributed by atoms with Gasteiger partial charge in [0.15, 0.2) is 0 Å². The number of ether oxygens (including phenoxy) is 1. The highest BCUT2D eigenvalue weighted by Gasteiger charge is 2.18. The molecule has 0 saturated heterocycles. The number of hydrogen-bond acceptors (Lipinski definition) is 4. The molecule has 0 bridgehead atoms. The lowest BCUT2D eigenvalue weighted by Crippen LogP contribution is -2.41. The van der Waals surface area contributed by atoms with Gasteiger partial charge in [-0.15, -0.1) is 12.4 Å². The van der Waals surface area contributed by atoms with Crippen molar-refractivity contribution in [2.45, 2.75) is 13.0 Å². The van der Waals surface area contributed by atoms with E-state index in [2.05, 4.69) is 5.32 Å². The Morgan fingerprint density at radius 3 is 2.50 bits per heavy atom. The molecule has 22 heavy (non-hydrogen) atoms. The number of benzene rings is 1. The Hall–Kier alpha value is -1.63. The molecule has 0 heterocycles. The molecule has 1 rings (SSSR count). The zero-order chi connectivity index (χ0) is 15.7. The van der Waals surface area contributed by atoms with Crippen LogP contribution < -0.4 is 5.32 Å². The Morgan fingerprint density at radius 2 is 1.95 bits per heavy atom. The molecule has 1 amide bonds. The van der Waals surface area contributed by atoms with Gasteiger partial charge in [0, 0.05) is 19.7 Å². The van der Waals surface area contributed by atoms with Crippen LogP contribution in [0.2, 0.25) is 0 Å². The summed E-state index contributed by atoms with van der Waals surface area (Å²) in [7, 11) is 1.61. The molecule has 1 aromatic carbocycles. The summed E-state index contributed by atoms with van der Waals surface area (Å²) in [4.78, 5) is 24.2. The van der Waals surface area contributed by atoms with Gasteiger partial charge in [-0.05, 0) is 12.5 Å². The molecule has 0 fully saturated rings. The minimum Gasteiger partial charge on any atom is -0.480 e. The second-order valence-electron chi connectivity index (χ2n) is 4.72. The number of nitrogens with one attached hydrogen (secondary N) is 1. The number of amides is 1. The van der Waals surface area contributed by atoms with E-state index >= 15 is 0 Å². The van der Waals surface area contributed by atoms with Gasteiger partial charge >= 0.3 is 5.97 Å². The molecule has 0 aromatic heterocycles. The van der Waals surface area contributed by atoms with E-state index in [0.29, 0.717) is 13.2 Å². The number of aliphatic carboxylic acids is 1. The van der Waals surface area contributed by atoms with E-state index in [-0.39, 0.29) is 37.4 Å². The highest BCUT2D eigenvalue weighted by molar-refractivity contribution is 5.85. The molecule has 0 aliphatic rings. The third kappa shape index (κ3) is 7.40. The maximum Gasteiger partial charge on any atom is 0.322 e. The number of carbonyl (C=O) groups excluding carboxylic acids is 1. The van der Waals surface area contributed by atoms with Crippen LogP contribution in [-0.2, 0) is 14.3 Å². The first-order chi connectivity index (χ1) is 10.0. The fourth-order valence-electron chi connectivity index (χ4n) is 1.98. The third-order valence-corrected chi connectivity index (χ3v) is 3.20. The molecular formula is C15H23ClN2O4. The first-order valence-electron chi connectivity index (χ1n) is 6.81. The van der Waals surface area contributed by atoms with Crippen LogP contribution in [0, 0.1) is 0 Å². The van der Waals surface area contributed by atoms with Crippen molar-refractivity contribution in [3.63, 3.8) is 0 Å². The number of methoxy groups -OCH3 is 1. The van der Waals surface area contributed by atoms with E-state index < -0.39 is 5.97 Å². The molecule has 0 aliphatic carbocycles. The van der Waals surface area contributed by atoms with Gasteiger partial charge in [-0.1, -0.05) is 30.3 Å². The lowest BCUT2D eigenvalue weighted by Gasteiger charge is -2.28. The van der Waals surface area contributed by atoms with Crippen molar-refractivity contribution in [1.29, 1.82) is 0 Å². The Kier molecular flexibility index (Phi) is 10.2. The standard InChI is InChI=1S/C15H22N2O4.ClH/c1-12(13-6-4-3-5-7-13)17(8-9-21-2)11-14(18)16-10-15(19)20;/h3-7,12H,8-11H2,1-2H3,(H,16,18)(H,19,20);1H.